The molecular formula is C16H28N4O3S. The standard InChI is InChI=1S/C16H28N4O3S/c1-12(2)24(22,23)19-10-8-13(9-11-19)15-17-18(3)16(21)20(15)14-6-4-5-7-14/h12-14H,4-11H2,1-3H3. The van der Waals surface area contributed by atoms with Gasteiger partial charge in [0.15, 0.2) is 0 Å². The van der Waals surface area contributed by atoms with Crippen molar-refractivity contribution in [3.8, 4) is 0 Å². The fourth-order valence-electron chi connectivity index (χ4n) is 3.95. The van der Waals surface area contributed by atoms with Gasteiger partial charge >= 0.3 is 5.69 Å². The zero-order chi connectivity index (χ0) is 17.5. The van der Waals surface area contributed by atoms with Crippen LogP contribution in [0.2, 0.25) is 0 Å². The van der Waals surface area contributed by atoms with E-state index >= 15 is 0 Å². The molecule has 0 amide bonds. The molecule has 0 spiro atoms. The molecule has 0 aromatic carbocycles. The summed E-state index contributed by atoms with van der Waals surface area (Å²) in [6, 6.07) is 0.263. The maximum atomic E-state index is 12.5. The summed E-state index contributed by atoms with van der Waals surface area (Å²) in [5.41, 5.74) is -0.0332. The smallest absolute Gasteiger partial charge is 0.276 e. The second-order valence-corrected chi connectivity index (χ2v) is 9.83. The van der Waals surface area contributed by atoms with E-state index in [1.54, 1.807) is 25.2 Å². The molecule has 2 fully saturated rings. The predicted octanol–water partition coefficient (Wildman–Crippen LogP) is 1.61. The lowest BCUT2D eigenvalue weighted by Crippen LogP contribution is -2.42. The van der Waals surface area contributed by atoms with Crippen molar-refractivity contribution in [2.24, 2.45) is 7.05 Å². The Kier molecular flexibility index (Phi) is 4.88. The Morgan fingerprint density at radius 3 is 2.21 bits per heavy atom. The third-order valence-corrected chi connectivity index (χ3v) is 7.72. The molecule has 2 heterocycles. The molecule has 136 valence electrons. The van der Waals surface area contributed by atoms with Gasteiger partial charge in [-0.25, -0.2) is 22.2 Å². The summed E-state index contributed by atoms with van der Waals surface area (Å²) in [6.07, 6.45) is 5.87. The Morgan fingerprint density at radius 1 is 1.08 bits per heavy atom. The maximum Gasteiger partial charge on any atom is 0.345 e. The molecular weight excluding hydrogens is 328 g/mol. The van der Waals surface area contributed by atoms with Gasteiger partial charge in [0.05, 0.1) is 5.25 Å². The molecule has 0 atom stereocenters. The number of rotatable bonds is 4. The van der Waals surface area contributed by atoms with Crippen LogP contribution in [-0.4, -0.2) is 45.4 Å². The third kappa shape index (κ3) is 3.06. The van der Waals surface area contributed by atoms with Crippen molar-refractivity contribution in [1.82, 2.24) is 18.7 Å². The van der Waals surface area contributed by atoms with Gasteiger partial charge in [-0.05, 0) is 39.5 Å². The maximum absolute atomic E-state index is 12.5. The monoisotopic (exact) mass is 356 g/mol. The molecule has 1 saturated carbocycles. The molecule has 0 unspecified atom stereocenters. The predicted molar refractivity (Wildman–Crippen MR) is 92.6 cm³/mol. The molecule has 0 bridgehead atoms. The Hall–Kier alpha value is -1.15. The van der Waals surface area contributed by atoms with Crippen LogP contribution < -0.4 is 5.69 Å². The highest BCUT2D eigenvalue weighted by molar-refractivity contribution is 7.89. The second kappa shape index (κ2) is 6.63. The fourth-order valence-corrected chi connectivity index (χ4v) is 5.27. The normalized spacial score (nSPS) is 21.8. The van der Waals surface area contributed by atoms with Gasteiger partial charge in [-0.2, -0.15) is 5.10 Å². The van der Waals surface area contributed by atoms with E-state index in [1.807, 2.05) is 4.57 Å². The van der Waals surface area contributed by atoms with Crippen molar-refractivity contribution in [2.45, 2.75) is 69.6 Å². The van der Waals surface area contributed by atoms with Crippen LogP contribution in [0, 0.1) is 0 Å². The van der Waals surface area contributed by atoms with Crippen LogP contribution in [0.15, 0.2) is 4.79 Å². The summed E-state index contributed by atoms with van der Waals surface area (Å²) in [6.45, 7) is 4.47. The Bertz CT molecular complexity index is 736. The highest BCUT2D eigenvalue weighted by Gasteiger charge is 2.34. The number of aromatic nitrogens is 3. The van der Waals surface area contributed by atoms with E-state index in [2.05, 4.69) is 5.10 Å². The average Bonchev–Trinajstić information content (AvgIpc) is 3.16. The van der Waals surface area contributed by atoms with Crippen molar-refractivity contribution < 1.29 is 8.42 Å². The van der Waals surface area contributed by atoms with Gasteiger partial charge in [0.1, 0.15) is 5.82 Å². The summed E-state index contributed by atoms with van der Waals surface area (Å²) in [7, 11) is -1.49. The summed E-state index contributed by atoms with van der Waals surface area (Å²) >= 11 is 0. The van der Waals surface area contributed by atoms with E-state index in [4.69, 9.17) is 0 Å². The molecule has 0 radical (unpaired) electrons. The van der Waals surface area contributed by atoms with E-state index < -0.39 is 10.0 Å². The van der Waals surface area contributed by atoms with Crippen molar-refractivity contribution in [3.05, 3.63) is 16.3 Å². The molecule has 2 aliphatic rings. The first-order chi connectivity index (χ1) is 11.3. The Balaban J connectivity index is 1.80. The number of sulfonamides is 1. The zero-order valence-electron chi connectivity index (χ0n) is 14.8. The fraction of sp³-hybridized carbons (Fsp3) is 0.875. The van der Waals surface area contributed by atoms with Crippen LogP contribution in [0.5, 0.6) is 0 Å². The van der Waals surface area contributed by atoms with Crippen LogP contribution in [-0.2, 0) is 17.1 Å². The molecule has 8 heteroatoms. The number of piperidine rings is 1. The van der Waals surface area contributed by atoms with E-state index in [0.29, 0.717) is 13.1 Å². The average molecular weight is 356 g/mol. The first kappa shape index (κ1) is 17.7. The lowest BCUT2D eigenvalue weighted by Gasteiger charge is -2.32. The topological polar surface area (TPSA) is 77.2 Å². The van der Waals surface area contributed by atoms with Crippen LogP contribution >= 0.6 is 0 Å². The van der Waals surface area contributed by atoms with Crippen LogP contribution in [0.25, 0.3) is 0 Å². The molecule has 3 rings (SSSR count). The summed E-state index contributed by atoms with van der Waals surface area (Å²) in [4.78, 5) is 12.5. The molecule has 1 aliphatic heterocycles. The van der Waals surface area contributed by atoms with Crippen molar-refractivity contribution in [1.29, 1.82) is 0 Å². The minimum Gasteiger partial charge on any atom is -0.276 e. The third-order valence-electron chi connectivity index (χ3n) is 5.45. The zero-order valence-corrected chi connectivity index (χ0v) is 15.6. The van der Waals surface area contributed by atoms with Gasteiger partial charge in [0.2, 0.25) is 10.0 Å². The quantitative estimate of drug-likeness (QED) is 0.821. The SMILES string of the molecule is CC(C)S(=O)(=O)N1CCC(c2nn(C)c(=O)n2C2CCCC2)CC1. The molecule has 24 heavy (non-hydrogen) atoms. The van der Waals surface area contributed by atoms with Gasteiger partial charge in [-0.15, -0.1) is 0 Å². The number of hydrogen-bond donors (Lipinski definition) is 0. The van der Waals surface area contributed by atoms with Crippen molar-refractivity contribution in [3.63, 3.8) is 0 Å². The highest BCUT2D eigenvalue weighted by atomic mass is 32.2. The largest absolute Gasteiger partial charge is 0.345 e. The molecule has 1 saturated heterocycles. The van der Waals surface area contributed by atoms with Crippen molar-refractivity contribution in [2.75, 3.05) is 13.1 Å². The second-order valence-electron chi connectivity index (χ2n) is 7.34. The van der Waals surface area contributed by atoms with Gasteiger partial charge < -0.3 is 0 Å². The number of nitrogens with zero attached hydrogens (tertiary/aromatic N) is 4. The molecule has 7 nitrogen and oxygen atoms in total. The first-order valence-electron chi connectivity index (χ1n) is 8.96. The first-order valence-corrected chi connectivity index (χ1v) is 10.5. The lowest BCUT2D eigenvalue weighted by molar-refractivity contribution is 0.302. The molecule has 1 aromatic heterocycles. The molecule has 1 aliphatic carbocycles. The molecule has 1 aromatic rings. The van der Waals surface area contributed by atoms with Crippen molar-refractivity contribution >= 4 is 10.0 Å². The van der Waals surface area contributed by atoms with E-state index in [-0.39, 0.29) is 22.9 Å². The molecule has 0 N–H and O–H groups in total. The summed E-state index contributed by atoms with van der Waals surface area (Å²) in [5.74, 6) is 1.02. The van der Waals surface area contributed by atoms with Gasteiger partial charge in [-0.1, -0.05) is 12.8 Å². The number of aryl methyl sites for hydroxylation is 1. The van der Waals surface area contributed by atoms with Gasteiger partial charge in [0, 0.05) is 32.1 Å². The van der Waals surface area contributed by atoms with Gasteiger partial charge in [-0.3, -0.25) is 4.57 Å². The van der Waals surface area contributed by atoms with Crippen LogP contribution in [0.3, 0.4) is 0 Å². The van der Waals surface area contributed by atoms with E-state index in [9.17, 15) is 13.2 Å². The Labute approximate surface area is 143 Å². The highest BCUT2D eigenvalue weighted by Crippen LogP contribution is 2.34. The summed E-state index contributed by atoms with van der Waals surface area (Å²) in [5, 5.41) is 4.11. The van der Waals surface area contributed by atoms with Gasteiger partial charge in [0.25, 0.3) is 0 Å². The minimum absolute atomic E-state index is 0.0332. The van der Waals surface area contributed by atoms with E-state index in [0.717, 1.165) is 44.3 Å². The van der Waals surface area contributed by atoms with Crippen LogP contribution in [0.4, 0.5) is 0 Å². The minimum atomic E-state index is -3.20. The Morgan fingerprint density at radius 2 is 1.67 bits per heavy atom. The summed E-state index contributed by atoms with van der Waals surface area (Å²) < 4.78 is 29.5. The van der Waals surface area contributed by atoms with E-state index in [1.165, 1.54) is 4.68 Å². The van der Waals surface area contributed by atoms with Crippen LogP contribution in [0.1, 0.15) is 70.2 Å². The number of hydrogen-bond acceptors (Lipinski definition) is 4. The lowest BCUT2D eigenvalue weighted by atomic mass is 9.97.